The number of aliphatic hydroxyl groups excluding tert-OH is 2. The van der Waals surface area contributed by atoms with E-state index >= 15 is 0 Å². The molecule has 0 spiro atoms. The van der Waals surface area contributed by atoms with E-state index in [0.717, 1.165) is 16.4 Å². The van der Waals surface area contributed by atoms with Gasteiger partial charge in [0.15, 0.2) is 0 Å². The maximum Gasteiger partial charge on any atom is 0.349 e. The van der Waals surface area contributed by atoms with E-state index < -0.39 is 35.7 Å². The second kappa shape index (κ2) is 12.5. The number of aliphatic hydroxyl groups is 2. The summed E-state index contributed by atoms with van der Waals surface area (Å²) in [5.41, 5.74) is -0.152. The maximum absolute atomic E-state index is 14.2. The van der Waals surface area contributed by atoms with Gasteiger partial charge in [0, 0.05) is 30.0 Å². The second-order valence-electron chi connectivity index (χ2n) is 10.1. The summed E-state index contributed by atoms with van der Waals surface area (Å²) in [4.78, 5) is 41.8. The molecule has 1 fully saturated rings. The van der Waals surface area contributed by atoms with Crippen molar-refractivity contribution in [2.24, 2.45) is 0 Å². The number of carbonyl (C=O) groups is 2. The smallest absolute Gasteiger partial charge is 0.349 e. The molecular weight excluding hydrogens is 627 g/mol. The Morgan fingerprint density at radius 1 is 1.10 bits per heavy atom. The molecule has 2 amide bonds. The fourth-order valence-electron chi connectivity index (χ4n) is 5.55. The highest BCUT2D eigenvalue weighted by atomic mass is 127. The van der Waals surface area contributed by atoms with E-state index in [1.165, 1.54) is 6.07 Å². The van der Waals surface area contributed by atoms with Gasteiger partial charge in [0.05, 0.1) is 16.2 Å². The van der Waals surface area contributed by atoms with Gasteiger partial charge < -0.3 is 29.6 Å². The average Bonchev–Trinajstić information content (AvgIpc) is 3.49. The van der Waals surface area contributed by atoms with Gasteiger partial charge in [0.1, 0.15) is 29.1 Å². The van der Waals surface area contributed by atoms with Crippen LogP contribution in [0.25, 0.3) is 11.0 Å². The molecule has 5 rings (SSSR count). The van der Waals surface area contributed by atoms with Crippen LogP contribution >= 0.6 is 22.6 Å². The van der Waals surface area contributed by atoms with E-state index in [4.69, 9.17) is 9.15 Å². The van der Waals surface area contributed by atoms with Gasteiger partial charge in [-0.05, 0) is 65.8 Å². The normalized spacial score (nSPS) is 21.2. The summed E-state index contributed by atoms with van der Waals surface area (Å²) in [7, 11) is 0. The first-order chi connectivity index (χ1) is 19.4. The van der Waals surface area contributed by atoms with Crippen molar-refractivity contribution in [2.45, 2.75) is 56.4 Å². The van der Waals surface area contributed by atoms with E-state index in [9.17, 15) is 24.6 Å². The molecule has 2 aromatic carbocycles. The standard InChI is InChI=1S/C30H31IN2O7/c31-22-10-4-6-12-25(22)39-26-17-19(28(36)32-13-14-34)16-23(27(26)35)33(20-8-2-3-9-20)29(37)21-15-18-7-1-5-11-24(18)40-30(21)38/h1,4-7,10-12,15,17,20,23,26-27,34-35H,2-3,8-9,13-14,16H2,(H,32,36). The van der Waals surface area contributed by atoms with E-state index in [2.05, 4.69) is 27.9 Å². The fourth-order valence-corrected chi connectivity index (χ4v) is 6.07. The number of hydrogen-bond donors (Lipinski definition) is 3. The number of hydrogen-bond acceptors (Lipinski definition) is 7. The Hall–Kier alpha value is -3.22. The van der Waals surface area contributed by atoms with Crippen LogP contribution in [-0.2, 0) is 4.79 Å². The zero-order valence-electron chi connectivity index (χ0n) is 21.8. The van der Waals surface area contributed by atoms with Crippen LogP contribution < -0.4 is 15.7 Å². The highest BCUT2D eigenvalue weighted by molar-refractivity contribution is 14.1. The van der Waals surface area contributed by atoms with Crippen LogP contribution in [0.5, 0.6) is 5.75 Å². The summed E-state index contributed by atoms with van der Waals surface area (Å²) in [6.45, 7) is -0.160. The van der Waals surface area contributed by atoms with Crippen molar-refractivity contribution < 1.29 is 29.0 Å². The lowest BCUT2D eigenvalue weighted by Gasteiger charge is -2.43. The molecule has 3 aromatic rings. The Kier molecular flexibility index (Phi) is 8.87. The molecule has 2 aliphatic carbocycles. The lowest BCUT2D eigenvalue weighted by atomic mass is 9.86. The fraction of sp³-hybridized carbons (Fsp3) is 0.367. The molecule has 1 saturated carbocycles. The number of fused-ring (bicyclic) bond motifs is 1. The average molecular weight is 658 g/mol. The van der Waals surface area contributed by atoms with Gasteiger partial charge in [0.2, 0.25) is 5.91 Å². The Balaban J connectivity index is 1.55. The summed E-state index contributed by atoms with van der Waals surface area (Å²) in [5.74, 6) is -0.417. The minimum Gasteiger partial charge on any atom is -0.482 e. The second-order valence-corrected chi connectivity index (χ2v) is 11.2. The molecule has 0 saturated heterocycles. The molecule has 2 aliphatic rings. The number of nitrogens with zero attached hydrogens (tertiary/aromatic N) is 1. The summed E-state index contributed by atoms with van der Waals surface area (Å²) in [6, 6.07) is 14.8. The summed E-state index contributed by atoms with van der Waals surface area (Å²) >= 11 is 2.13. The molecule has 1 heterocycles. The van der Waals surface area contributed by atoms with Crippen LogP contribution in [0.3, 0.4) is 0 Å². The van der Waals surface area contributed by atoms with E-state index in [1.807, 2.05) is 18.2 Å². The van der Waals surface area contributed by atoms with Gasteiger partial charge in [-0.25, -0.2) is 4.79 Å². The predicted molar refractivity (Wildman–Crippen MR) is 157 cm³/mol. The van der Waals surface area contributed by atoms with Crippen LogP contribution in [0.2, 0.25) is 0 Å². The largest absolute Gasteiger partial charge is 0.482 e. The summed E-state index contributed by atoms with van der Waals surface area (Å²) in [6.07, 6.45) is 2.77. The van der Waals surface area contributed by atoms with Crippen LogP contribution in [0.1, 0.15) is 42.5 Å². The van der Waals surface area contributed by atoms with Crippen LogP contribution in [0.15, 0.2) is 75.5 Å². The molecule has 10 heteroatoms. The van der Waals surface area contributed by atoms with Crippen molar-refractivity contribution >= 4 is 45.4 Å². The van der Waals surface area contributed by atoms with Crippen LogP contribution in [-0.4, -0.2) is 64.4 Å². The van der Waals surface area contributed by atoms with Gasteiger partial charge in [0.25, 0.3) is 5.91 Å². The van der Waals surface area contributed by atoms with Crippen molar-refractivity contribution in [1.29, 1.82) is 0 Å². The summed E-state index contributed by atoms with van der Waals surface area (Å²) < 4.78 is 12.5. The molecule has 0 bridgehead atoms. The molecular formula is C30H31IN2O7. The van der Waals surface area contributed by atoms with Crippen molar-refractivity contribution in [3.63, 3.8) is 0 Å². The number of amides is 2. The number of halogens is 1. The molecule has 3 N–H and O–H groups in total. The number of ether oxygens (including phenoxy) is 1. The molecule has 3 atom stereocenters. The quantitative estimate of drug-likeness (QED) is 0.250. The van der Waals surface area contributed by atoms with Crippen molar-refractivity contribution in [1.82, 2.24) is 10.2 Å². The third-order valence-corrected chi connectivity index (χ3v) is 8.39. The van der Waals surface area contributed by atoms with E-state index in [-0.39, 0.29) is 31.2 Å². The first-order valence-corrected chi connectivity index (χ1v) is 14.5. The number of rotatable bonds is 8. The lowest BCUT2D eigenvalue weighted by molar-refractivity contribution is -0.118. The third-order valence-electron chi connectivity index (χ3n) is 7.50. The zero-order chi connectivity index (χ0) is 28.2. The van der Waals surface area contributed by atoms with Crippen LogP contribution in [0.4, 0.5) is 0 Å². The summed E-state index contributed by atoms with van der Waals surface area (Å²) in [5, 5.41) is 24.2. The van der Waals surface area contributed by atoms with Crippen molar-refractivity contribution in [3.05, 3.63) is 85.8 Å². The number of nitrogens with one attached hydrogen (secondary N) is 1. The van der Waals surface area contributed by atoms with Gasteiger partial charge in [-0.2, -0.15) is 0 Å². The number of benzene rings is 2. The monoisotopic (exact) mass is 658 g/mol. The van der Waals surface area contributed by atoms with Crippen molar-refractivity contribution in [3.8, 4) is 5.75 Å². The predicted octanol–water partition coefficient (Wildman–Crippen LogP) is 3.40. The SMILES string of the molecule is O=C(NCCO)C1=CC(Oc2ccccc2I)C(O)C(N(C(=O)c2cc3ccccc3oc2=O)C2CCCC2)C1. The minimum atomic E-state index is -1.18. The van der Waals surface area contributed by atoms with Gasteiger partial charge in [-0.3, -0.25) is 9.59 Å². The highest BCUT2D eigenvalue weighted by Crippen LogP contribution is 2.34. The molecule has 0 aliphatic heterocycles. The van der Waals surface area contributed by atoms with Gasteiger partial charge in [-0.1, -0.05) is 43.2 Å². The van der Waals surface area contributed by atoms with Gasteiger partial charge >= 0.3 is 5.63 Å². The molecule has 0 radical (unpaired) electrons. The Bertz CT molecular complexity index is 1480. The van der Waals surface area contributed by atoms with E-state index in [1.54, 1.807) is 41.3 Å². The molecule has 210 valence electrons. The zero-order valence-corrected chi connectivity index (χ0v) is 24.0. The highest BCUT2D eigenvalue weighted by Gasteiger charge is 2.44. The van der Waals surface area contributed by atoms with Crippen molar-refractivity contribution in [2.75, 3.05) is 13.2 Å². The number of para-hydroxylation sites is 2. The van der Waals surface area contributed by atoms with E-state index in [0.29, 0.717) is 35.1 Å². The Labute approximate surface area is 245 Å². The lowest BCUT2D eigenvalue weighted by Crippen LogP contribution is -2.58. The van der Waals surface area contributed by atoms with Crippen LogP contribution in [0, 0.1) is 3.57 Å². The molecule has 9 nitrogen and oxygen atoms in total. The molecule has 1 aromatic heterocycles. The first kappa shape index (κ1) is 28.3. The molecule has 40 heavy (non-hydrogen) atoms. The Morgan fingerprint density at radius 3 is 2.58 bits per heavy atom. The van der Waals surface area contributed by atoms with Gasteiger partial charge in [-0.15, -0.1) is 0 Å². The maximum atomic E-state index is 14.2. The number of carbonyl (C=O) groups excluding carboxylic acids is 2. The minimum absolute atomic E-state index is 0.0608. The molecule has 3 unspecified atom stereocenters. The Morgan fingerprint density at radius 2 is 1.82 bits per heavy atom. The third kappa shape index (κ3) is 5.93. The first-order valence-electron chi connectivity index (χ1n) is 13.4. The topological polar surface area (TPSA) is 129 Å².